The van der Waals surface area contributed by atoms with E-state index in [2.05, 4.69) is 30.1 Å². The number of phenols is 1. The van der Waals surface area contributed by atoms with E-state index in [-0.39, 0.29) is 12.1 Å². The van der Waals surface area contributed by atoms with Crippen molar-refractivity contribution in [2.24, 2.45) is 0 Å². The van der Waals surface area contributed by atoms with Gasteiger partial charge in [-0.25, -0.2) is 0 Å². The van der Waals surface area contributed by atoms with Gasteiger partial charge in [-0.3, -0.25) is 0 Å². The topological polar surface area (TPSA) is 55.7 Å². The molecule has 3 unspecified atom stereocenters. The highest BCUT2D eigenvalue weighted by molar-refractivity contribution is 5.56. The molecule has 0 aromatic heterocycles. The molecule has 1 aromatic carbocycles. The third kappa shape index (κ3) is 2.74. The van der Waals surface area contributed by atoms with Crippen LogP contribution in [0.25, 0.3) is 0 Å². The largest absolute Gasteiger partial charge is 0.508 e. The molecule has 4 nitrogen and oxygen atoms in total. The molecule has 2 heterocycles. The van der Waals surface area contributed by atoms with Gasteiger partial charge in [0.05, 0.1) is 6.10 Å². The van der Waals surface area contributed by atoms with Gasteiger partial charge in [-0.2, -0.15) is 0 Å². The molecule has 1 aromatic rings. The lowest BCUT2D eigenvalue weighted by Gasteiger charge is -2.39. The molecule has 2 aliphatic rings. The van der Waals surface area contributed by atoms with E-state index in [9.17, 15) is 10.2 Å². The van der Waals surface area contributed by atoms with Crippen LogP contribution in [0.4, 0.5) is 5.69 Å². The van der Waals surface area contributed by atoms with E-state index in [0.29, 0.717) is 17.8 Å². The Morgan fingerprint density at radius 2 is 1.95 bits per heavy atom. The van der Waals surface area contributed by atoms with Crippen molar-refractivity contribution in [3.05, 3.63) is 23.8 Å². The van der Waals surface area contributed by atoms with Gasteiger partial charge < -0.3 is 20.4 Å². The molecule has 0 saturated carbocycles. The number of nitrogens with zero attached hydrogens (tertiary/aromatic N) is 1. The highest BCUT2D eigenvalue weighted by Gasteiger charge is 2.40. The quantitative estimate of drug-likeness (QED) is 0.797. The van der Waals surface area contributed by atoms with Crippen LogP contribution in [0.5, 0.6) is 5.75 Å². The summed E-state index contributed by atoms with van der Waals surface area (Å²) in [6.07, 6.45) is 3.86. The molecule has 3 rings (SSSR count). The standard InChI is InChI=1S/C17H26N2O2/c1-3-18-11(2)16-7-6-14(10-17(16)21)19-12-4-5-13(19)9-15(20)8-12/h6-7,10-13,15,18,20-21H,3-5,8-9H2,1-2H3. The van der Waals surface area contributed by atoms with Crippen LogP contribution in [0, 0.1) is 0 Å². The number of aromatic hydroxyl groups is 1. The first kappa shape index (κ1) is 14.7. The van der Waals surface area contributed by atoms with Crippen LogP contribution in [0.1, 0.15) is 51.1 Å². The van der Waals surface area contributed by atoms with E-state index in [1.165, 1.54) is 0 Å². The fourth-order valence-electron chi connectivity index (χ4n) is 4.04. The van der Waals surface area contributed by atoms with Gasteiger partial charge in [0.1, 0.15) is 5.75 Å². The van der Waals surface area contributed by atoms with Crippen molar-refractivity contribution in [1.29, 1.82) is 0 Å². The van der Waals surface area contributed by atoms with Gasteiger partial charge in [0, 0.05) is 35.4 Å². The maximum Gasteiger partial charge on any atom is 0.122 e. The summed E-state index contributed by atoms with van der Waals surface area (Å²) in [5.74, 6) is 0.367. The Morgan fingerprint density at radius 1 is 1.29 bits per heavy atom. The van der Waals surface area contributed by atoms with E-state index in [0.717, 1.165) is 43.5 Å². The van der Waals surface area contributed by atoms with E-state index in [1.54, 1.807) is 0 Å². The minimum atomic E-state index is -0.152. The minimum Gasteiger partial charge on any atom is -0.508 e. The number of hydrogen-bond acceptors (Lipinski definition) is 4. The zero-order valence-electron chi connectivity index (χ0n) is 12.9. The lowest BCUT2D eigenvalue weighted by atomic mass is 9.98. The summed E-state index contributed by atoms with van der Waals surface area (Å²) in [6, 6.07) is 7.05. The number of rotatable bonds is 4. The summed E-state index contributed by atoms with van der Waals surface area (Å²) >= 11 is 0. The van der Waals surface area contributed by atoms with Crippen LogP contribution in [0.2, 0.25) is 0 Å². The molecule has 4 heteroatoms. The van der Waals surface area contributed by atoms with Crippen LogP contribution in [-0.2, 0) is 0 Å². The molecule has 21 heavy (non-hydrogen) atoms. The van der Waals surface area contributed by atoms with E-state index in [1.807, 2.05) is 12.1 Å². The Labute approximate surface area is 126 Å². The highest BCUT2D eigenvalue weighted by atomic mass is 16.3. The van der Waals surface area contributed by atoms with Gasteiger partial charge >= 0.3 is 0 Å². The predicted octanol–water partition coefficient (Wildman–Crippen LogP) is 2.55. The lowest BCUT2D eigenvalue weighted by Crippen LogP contribution is -2.44. The first-order valence-electron chi connectivity index (χ1n) is 8.12. The van der Waals surface area contributed by atoms with Crippen LogP contribution in [-0.4, -0.2) is 34.9 Å². The van der Waals surface area contributed by atoms with E-state index >= 15 is 0 Å². The maximum atomic E-state index is 10.3. The van der Waals surface area contributed by atoms with Crippen molar-refractivity contribution in [3.63, 3.8) is 0 Å². The van der Waals surface area contributed by atoms with Gasteiger partial charge in [-0.15, -0.1) is 0 Å². The second-order valence-corrected chi connectivity index (χ2v) is 6.44. The molecule has 0 amide bonds. The number of aliphatic hydroxyl groups is 1. The first-order chi connectivity index (χ1) is 10.1. The van der Waals surface area contributed by atoms with Crippen molar-refractivity contribution >= 4 is 5.69 Å². The zero-order chi connectivity index (χ0) is 15.0. The third-order valence-corrected chi connectivity index (χ3v) is 5.00. The number of anilines is 1. The molecule has 2 aliphatic heterocycles. The molecular weight excluding hydrogens is 264 g/mol. The predicted molar refractivity (Wildman–Crippen MR) is 84.7 cm³/mol. The molecule has 2 saturated heterocycles. The molecule has 3 atom stereocenters. The van der Waals surface area contributed by atoms with Gasteiger partial charge in [-0.1, -0.05) is 13.0 Å². The summed E-state index contributed by atoms with van der Waals surface area (Å²) in [6.45, 7) is 5.02. The number of benzene rings is 1. The van der Waals surface area contributed by atoms with Crippen molar-refractivity contribution < 1.29 is 10.2 Å². The first-order valence-corrected chi connectivity index (χ1v) is 8.12. The van der Waals surface area contributed by atoms with Crippen LogP contribution < -0.4 is 10.2 Å². The van der Waals surface area contributed by atoms with Crippen molar-refractivity contribution in [2.45, 2.75) is 63.8 Å². The number of nitrogens with one attached hydrogen (secondary N) is 1. The molecular formula is C17H26N2O2. The van der Waals surface area contributed by atoms with Crippen molar-refractivity contribution in [3.8, 4) is 5.75 Å². The lowest BCUT2D eigenvalue weighted by molar-refractivity contribution is 0.126. The number of phenolic OH excluding ortho intramolecular Hbond substituents is 1. The second kappa shape index (κ2) is 5.85. The number of piperidine rings is 1. The normalized spacial score (nSPS) is 29.7. The summed E-state index contributed by atoms with van der Waals surface area (Å²) in [5, 5.41) is 23.6. The average molecular weight is 290 g/mol. The molecule has 0 radical (unpaired) electrons. The van der Waals surface area contributed by atoms with E-state index < -0.39 is 0 Å². The van der Waals surface area contributed by atoms with Gasteiger partial charge in [0.15, 0.2) is 0 Å². The Kier molecular flexibility index (Phi) is 4.09. The van der Waals surface area contributed by atoms with Gasteiger partial charge in [-0.05, 0) is 45.2 Å². The molecule has 0 aliphatic carbocycles. The summed E-state index contributed by atoms with van der Waals surface area (Å²) in [5.41, 5.74) is 2.05. The second-order valence-electron chi connectivity index (χ2n) is 6.44. The fourth-order valence-corrected chi connectivity index (χ4v) is 4.04. The third-order valence-electron chi connectivity index (χ3n) is 5.00. The monoisotopic (exact) mass is 290 g/mol. The summed E-state index contributed by atoms with van der Waals surface area (Å²) in [4.78, 5) is 2.41. The van der Waals surface area contributed by atoms with Crippen LogP contribution in [0.15, 0.2) is 18.2 Å². The van der Waals surface area contributed by atoms with Gasteiger partial charge in [0.25, 0.3) is 0 Å². The Bertz CT molecular complexity index is 492. The Balaban J connectivity index is 1.83. The number of aliphatic hydroxyl groups excluding tert-OH is 1. The Hall–Kier alpha value is -1.26. The molecule has 3 N–H and O–H groups in total. The summed E-state index contributed by atoms with van der Waals surface area (Å²) in [7, 11) is 0. The summed E-state index contributed by atoms with van der Waals surface area (Å²) < 4.78 is 0. The number of hydrogen-bond donors (Lipinski definition) is 3. The molecule has 2 bridgehead atoms. The fraction of sp³-hybridized carbons (Fsp3) is 0.647. The molecule has 116 valence electrons. The molecule has 2 fully saturated rings. The van der Waals surface area contributed by atoms with Crippen molar-refractivity contribution in [1.82, 2.24) is 5.32 Å². The maximum absolute atomic E-state index is 10.3. The highest BCUT2D eigenvalue weighted by Crippen LogP contribution is 2.41. The van der Waals surface area contributed by atoms with Crippen LogP contribution in [0.3, 0.4) is 0 Å². The number of fused-ring (bicyclic) bond motifs is 2. The Morgan fingerprint density at radius 3 is 2.52 bits per heavy atom. The van der Waals surface area contributed by atoms with Crippen molar-refractivity contribution in [2.75, 3.05) is 11.4 Å². The van der Waals surface area contributed by atoms with E-state index in [4.69, 9.17) is 0 Å². The van der Waals surface area contributed by atoms with Gasteiger partial charge in [0.2, 0.25) is 0 Å². The SMILES string of the molecule is CCNC(C)c1ccc(N2C3CCC2CC(O)C3)cc1O. The minimum absolute atomic E-state index is 0.152. The zero-order valence-corrected chi connectivity index (χ0v) is 12.9. The van der Waals surface area contributed by atoms with Crippen LogP contribution >= 0.6 is 0 Å². The average Bonchev–Trinajstić information content (AvgIpc) is 2.71. The molecule has 0 spiro atoms. The smallest absolute Gasteiger partial charge is 0.122 e.